The van der Waals surface area contributed by atoms with E-state index in [1.165, 1.54) is 0 Å². The second kappa shape index (κ2) is 4.87. The predicted molar refractivity (Wildman–Crippen MR) is 81.3 cm³/mol. The van der Waals surface area contributed by atoms with Gasteiger partial charge in [-0.05, 0) is 31.0 Å². The van der Waals surface area contributed by atoms with Crippen molar-refractivity contribution in [2.75, 3.05) is 6.54 Å². The maximum atomic E-state index is 12.7. The van der Waals surface area contributed by atoms with Crippen molar-refractivity contribution < 1.29 is 9.59 Å². The van der Waals surface area contributed by atoms with Crippen LogP contribution < -0.4 is 5.32 Å². The summed E-state index contributed by atoms with van der Waals surface area (Å²) in [6.45, 7) is 1.86. The van der Waals surface area contributed by atoms with Gasteiger partial charge in [-0.15, -0.1) is 23.2 Å². The topological polar surface area (TPSA) is 73.2 Å². The van der Waals surface area contributed by atoms with Crippen molar-refractivity contribution in [3.63, 3.8) is 0 Å². The Morgan fingerprint density at radius 3 is 2.45 bits per heavy atom. The molecule has 5 nitrogen and oxygen atoms in total. The van der Waals surface area contributed by atoms with Crippen LogP contribution in [0.5, 0.6) is 0 Å². The third-order valence-corrected chi connectivity index (χ3v) is 5.15. The second-order valence-electron chi connectivity index (χ2n) is 5.82. The normalized spacial score (nSPS) is 29.2. The minimum Gasteiger partial charge on any atom is -0.319 e. The zero-order valence-electron chi connectivity index (χ0n) is 11.8. The first kappa shape index (κ1) is 15.1. The molecule has 1 saturated heterocycles. The van der Waals surface area contributed by atoms with E-state index in [-0.39, 0.29) is 18.4 Å². The summed E-state index contributed by atoms with van der Waals surface area (Å²) >= 11 is 11.9. The van der Waals surface area contributed by atoms with Crippen molar-refractivity contribution in [3.05, 3.63) is 35.4 Å². The number of nitriles is 1. The highest BCUT2D eigenvalue weighted by atomic mass is 35.5. The van der Waals surface area contributed by atoms with E-state index in [1.54, 1.807) is 31.2 Å². The zero-order valence-corrected chi connectivity index (χ0v) is 13.3. The number of carbonyl (C=O) groups is 2. The summed E-state index contributed by atoms with van der Waals surface area (Å²) in [4.78, 5) is 25.9. The van der Waals surface area contributed by atoms with Gasteiger partial charge in [0.25, 0.3) is 5.91 Å². The number of halogens is 2. The molecule has 1 aromatic carbocycles. The fourth-order valence-corrected chi connectivity index (χ4v) is 3.14. The van der Waals surface area contributed by atoms with Crippen LogP contribution in [0.2, 0.25) is 0 Å². The van der Waals surface area contributed by atoms with Crippen LogP contribution in [-0.2, 0) is 10.3 Å². The van der Waals surface area contributed by atoms with Gasteiger partial charge >= 0.3 is 6.03 Å². The molecule has 1 N–H and O–H groups in total. The molecular weight excluding hydrogens is 325 g/mol. The Morgan fingerprint density at radius 1 is 1.36 bits per heavy atom. The van der Waals surface area contributed by atoms with E-state index in [2.05, 4.69) is 5.32 Å². The molecule has 0 spiro atoms. The van der Waals surface area contributed by atoms with E-state index < -0.39 is 15.9 Å². The van der Waals surface area contributed by atoms with E-state index in [1.807, 2.05) is 6.07 Å². The predicted octanol–water partition coefficient (Wildman–Crippen LogP) is 2.52. The molecule has 2 atom stereocenters. The number of hydrogen-bond donors (Lipinski definition) is 1. The molecular formula is C15H13Cl2N3O2. The molecule has 22 heavy (non-hydrogen) atoms. The number of amides is 3. The molecule has 2 unspecified atom stereocenters. The third kappa shape index (κ3) is 2.33. The molecule has 2 aliphatic rings. The summed E-state index contributed by atoms with van der Waals surface area (Å²) in [6.07, 6.45) is 0.570. The molecule has 1 aliphatic heterocycles. The van der Waals surface area contributed by atoms with Gasteiger partial charge in [-0.1, -0.05) is 12.1 Å². The largest absolute Gasteiger partial charge is 0.325 e. The summed E-state index contributed by atoms with van der Waals surface area (Å²) in [5.41, 5.74) is -0.0134. The van der Waals surface area contributed by atoms with Gasteiger partial charge in [-0.25, -0.2) is 4.79 Å². The average Bonchev–Trinajstić information content (AvgIpc) is 3.03. The number of urea groups is 1. The molecule has 0 bridgehead atoms. The van der Waals surface area contributed by atoms with Gasteiger partial charge in [0, 0.05) is 12.5 Å². The van der Waals surface area contributed by atoms with Crippen molar-refractivity contribution in [2.24, 2.45) is 5.92 Å². The van der Waals surface area contributed by atoms with Gasteiger partial charge in [0.2, 0.25) is 0 Å². The van der Waals surface area contributed by atoms with Gasteiger partial charge in [-0.2, -0.15) is 5.26 Å². The first-order valence-corrected chi connectivity index (χ1v) is 7.56. The molecule has 114 valence electrons. The lowest BCUT2D eigenvalue weighted by Gasteiger charge is -2.22. The fraction of sp³-hybridized carbons (Fsp3) is 0.400. The molecule has 2 fully saturated rings. The standard InChI is InChI=1S/C15H13Cl2N3O2/c1-14(10-4-2-9(7-18)3-5-10)12(21)20(13(22)19-14)8-11-6-15(11,16)17/h2-5,11H,6,8H2,1H3,(H,19,22). The number of rotatable bonds is 3. The number of benzene rings is 1. The van der Waals surface area contributed by atoms with Gasteiger partial charge in [0.05, 0.1) is 11.6 Å². The molecule has 1 heterocycles. The Kier molecular flexibility index (Phi) is 3.35. The smallest absolute Gasteiger partial charge is 0.319 e. The highest BCUT2D eigenvalue weighted by Gasteiger charge is 2.56. The van der Waals surface area contributed by atoms with Crippen LogP contribution in [0.15, 0.2) is 24.3 Å². The first-order valence-electron chi connectivity index (χ1n) is 6.80. The summed E-state index contributed by atoms with van der Waals surface area (Å²) in [7, 11) is 0. The van der Waals surface area contributed by atoms with Gasteiger partial charge < -0.3 is 5.32 Å². The van der Waals surface area contributed by atoms with Crippen LogP contribution in [0.1, 0.15) is 24.5 Å². The molecule has 3 rings (SSSR count). The Hall–Kier alpha value is -1.77. The lowest BCUT2D eigenvalue weighted by molar-refractivity contribution is -0.131. The van der Waals surface area contributed by atoms with E-state index in [0.717, 1.165) is 4.90 Å². The average molecular weight is 338 g/mol. The monoisotopic (exact) mass is 337 g/mol. The molecule has 3 amide bonds. The van der Waals surface area contributed by atoms with E-state index in [0.29, 0.717) is 17.5 Å². The zero-order chi connectivity index (χ0) is 16.1. The molecule has 0 aromatic heterocycles. The summed E-state index contributed by atoms with van der Waals surface area (Å²) in [6, 6.07) is 8.14. The van der Waals surface area contributed by atoms with Crippen molar-refractivity contribution in [3.8, 4) is 6.07 Å². The number of alkyl halides is 2. The number of imide groups is 1. The summed E-state index contributed by atoms with van der Waals surface area (Å²) < 4.78 is -0.839. The summed E-state index contributed by atoms with van der Waals surface area (Å²) in [5, 5.41) is 11.5. The Balaban J connectivity index is 1.84. The summed E-state index contributed by atoms with van der Waals surface area (Å²) in [5.74, 6) is -0.424. The molecule has 1 aliphatic carbocycles. The van der Waals surface area contributed by atoms with Crippen LogP contribution in [-0.4, -0.2) is 27.7 Å². The molecule has 1 aromatic rings. The lowest BCUT2D eigenvalue weighted by Crippen LogP contribution is -2.41. The van der Waals surface area contributed by atoms with Crippen LogP contribution in [0, 0.1) is 17.2 Å². The second-order valence-corrected chi connectivity index (χ2v) is 7.36. The third-order valence-electron chi connectivity index (χ3n) is 4.22. The number of carbonyl (C=O) groups excluding carboxylic acids is 2. The van der Waals surface area contributed by atoms with Crippen molar-refractivity contribution >= 4 is 35.1 Å². The maximum absolute atomic E-state index is 12.7. The Morgan fingerprint density at radius 2 is 1.95 bits per heavy atom. The molecule has 0 radical (unpaired) electrons. The lowest BCUT2D eigenvalue weighted by atomic mass is 9.91. The van der Waals surface area contributed by atoms with Crippen molar-refractivity contribution in [1.29, 1.82) is 5.26 Å². The molecule has 1 saturated carbocycles. The minimum atomic E-state index is -1.14. The number of nitrogens with zero attached hydrogens (tertiary/aromatic N) is 2. The molecule has 7 heteroatoms. The number of nitrogens with one attached hydrogen (secondary N) is 1. The number of hydrogen-bond acceptors (Lipinski definition) is 3. The SMILES string of the molecule is CC1(c2ccc(C#N)cc2)NC(=O)N(CC2CC2(Cl)Cl)C1=O. The van der Waals surface area contributed by atoms with Crippen LogP contribution in [0.4, 0.5) is 4.79 Å². The van der Waals surface area contributed by atoms with Crippen molar-refractivity contribution in [2.45, 2.75) is 23.2 Å². The quantitative estimate of drug-likeness (QED) is 0.680. The minimum absolute atomic E-state index is 0.0890. The van der Waals surface area contributed by atoms with Crippen molar-refractivity contribution in [1.82, 2.24) is 10.2 Å². The van der Waals surface area contributed by atoms with Gasteiger partial charge in [0.15, 0.2) is 0 Å². The van der Waals surface area contributed by atoms with Gasteiger partial charge in [-0.3, -0.25) is 9.69 Å². The van der Waals surface area contributed by atoms with Gasteiger partial charge in [0.1, 0.15) is 9.87 Å². The fourth-order valence-electron chi connectivity index (χ4n) is 2.62. The van der Waals surface area contributed by atoms with Crippen LogP contribution >= 0.6 is 23.2 Å². The van der Waals surface area contributed by atoms with Crippen LogP contribution in [0.25, 0.3) is 0 Å². The van der Waals surface area contributed by atoms with E-state index >= 15 is 0 Å². The maximum Gasteiger partial charge on any atom is 0.325 e. The highest BCUT2D eigenvalue weighted by molar-refractivity contribution is 6.50. The highest BCUT2D eigenvalue weighted by Crippen LogP contribution is 2.53. The Labute approximate surface area is 137 Å². The first-order chi connectivity index (χ1) is 10.3. The Bertz CT molecular complexity index is 696. The van der Waals surface area contributed by atoms with E-state index in [9.17, 15) is 9.59 Å². The van der Waals surface area contributed by atoms with Crippen LogP contribution in [0.3, 0.4) is 0 Å². The van der Waals surface area contributed by atoms with E-state index in [4.69, 9.17) is 28.5 Å².